The van der Waals surface area contributed by atoms with Gasteiger partial charge in [-0.3, -0.25) is 0 Å². The number of carbonyl (C=O) groups excluding carboxylic acids is 1. The summed E-state index contributed by atoms with van der Waals surface area (Å²) in [4.78, 5) is 17.4. The average molecular weight is 251 g/mol. The Morgan fingerprint density at radius 2 is 2.39 bits per heavy atom. The highest BCUT2D eigenvalue weighted by atomic mass is 16.5. The summed E-state index contributed by atoms with van der Waals surface area (Å²) < 4.78 is 10.1. The lowest BCUT2D eigenvalue weighted by Gasteiger charge is -2.23. The summed E-state index contributed by atoms with van der Waals surface area (Å²) in [7, 11) is 0. The van der Waals surface area contributed by atoms with Crippen LogP contribution in [0.25, 0.3) is 0 Å². The zero-order valence-corrected chi connectivity index (χ0v) is 10.8. The average Bonchev–Trinajstić information content (AvgIpc) is 2.79. The smallest absolute Gasteiger partial charge is 0.360 e. The summed E-state index contributed by atoms with van der Waals surface area (Å²) in [5, 5.41) is 8.61. The van der Waals surface area contributed by atoms with E-state index in [4.69, 9.17) is 14.4 Å². The Hall–Kier alpha value is -2.03. The first-order valence-electron chi connectivity index (χ1n) is 5.86. The maximum Gasteiger partial charge on any atom is 0.360 e. The summed E-state index contributed by atoms with van der Waals surface area (Å²) in [5.74, 6) is -0.503. The minimum atomic E-state index is -0.503. The molecule has 0 aliphatic carbocycles. The largest absolute Gasteiger partial charge is 0.461 e. The molecule has 1 aromatic heterocycles. The molecule has 0 aliphatic heterocycles. The van der Waals surface area contributed by atoms with E-state index in [2.05, 4.69) is 11.1 Å². The Morgan fingerprint density at radius 3 is 2.94 bits per heavy atom. The molecule has 6 nitrogen and oxygen atoms in total. The van der Waals surface area contributed by atoms with Gasteiger partial charge in [0, 0.05) is 12.6 Å². The number of carbonyl (C=O) groups is 1. The molecule has 1 aromatic rings. The molecule has 0 radical (unpaired) electrons. The van der Waals surface area contributed by atoms with Crippen LogP contribution in [0.3, 0.4) is 0 Å². The predicted octanol–water partition coefficient (Wildman–Crippen LogP) is 1.98. The van der Waals surface area contributed by atoms with E-state index in [9.17, 15) is 4.79 Å². The van der Waals surface area contributed by atoms with E-state index in [1.54, 1.807) is 6.92 Å². The zero-order chi connectivity index (χ0) is 13.5. The number of hydrogen-bond acceptors (Lipinski definition) is 6. The second kappa shape index (κ2) is 6.64. The number of aromatic nitrogens is 1. The maximum atomic E-state index is 11.4. The van der Waals surface area contributed by atoms with Crippen LogP contribution in [0.1, 0.15) is 37.7 Å². The third-order valence-corrected chi connectivity index (χ3v) is 2.31. The first kappa shape index (κ1) is 14.0. The summed E-state index contributed by atoms with van der Waals surface area (Å²) >= 11 is 0. The van der Waals surface area contributed by atoms with E-state index in [0.717, 1.165) is 0 Å². The molecule has 0 saturated carbocycles. The number of rotatable bonds is 6. The summed E-state index contributed by atoms with van der Waals surface area (Å²) in [6.45, 7) is 6.46. The number of nitrogens with zero attached hydrogens (tertiary/aromatic N) is 3. The monoisotopic (exact) mass is 251 g/mol. The minimum absolute atomic E-state index is 0.132. The minimum Gasteiger partial charge on any atom is -0.461 e. The summed E-state index contributed by atoms with van der Waals surface area (Å²) in [5.41, 5.74) is 0.148. The number of oxazole rings is 1. The molecule has 0 fully saturated rings. The molecule has 0 spiro atoms. The van der Waals surface area contributed by atoms with Gasteiger partial charge in [-0.05, 0) is 20.8 Å². The van der Waals surface area contributed by atoms with Gasteiger partial charge in [-0.2, -0.15) is 10.2 Å². The Labute approximate surface area is 106 Å². The predicted molar refractivity (Wildman–Crippen MR) is 65.2 cm³/mol. The van der Waals surface area contributed by atoms with E-state index in [1.807, 2.05) is 18.7 Å². The lowest BCUT2D eigenvalue weighted by atomic mass is 10.3. The molecule has 0 atom stereocenters. The SMILES string of the molecule is CCOC(=O)c1coc(N(CCC#N)C(C)C)n1. The number of esters is 1. The Kier molecular flexibility index (Phi) is 5.18. The lowest BCUT2D eigenvalue weighted by molar-refractivity contribution is 0.0519. The van der Waals surface area contributed by atoms with Crippen molar-refractivity contribution in [1.82, 2.24) is 4.98 Å². The van der Waals surface area contributed by atoms with Crippen LogP contribution in [0, 0.1) is 11.3 Å². The van der Waals surface area contributed by atoms with Crippen molar-refractivity contribution in [3.63, 3.8) is 0 Å². The highest BCUT2D eigenvalue weighted by Crippen LogP contribution is 2.17. The Balaban J connectivity index is 2.81. The molecule has 98 valence electrons. The van der Waals surface area contributed by atoms with Crippen molar-refractivity contribution in [2.75, 3.05) is 18.1 Å². The van der Waals surface area contributed by atoms with Crippen LogP contribution in [-0.4, -0.2) is 30.1 Å². The van der Waals surface area contributed by atoms with Crippen molar-refractivity contribution in [3.05, 3.63) is 12.0 Å². The fourth-order valence-electron chi connectivity index (χ4n) is 1.44. The fourth-order valence-corrected chi connectivity index (χ4v) is 1.44. The van der Waals surface area contributed by atoms with Crippen LogP contribution >= 0.6 is 0 Å². The van der Waals surface area contributed by atoms with Crippen LogP contribution in [-0.2, 0) is 4.74 Å². The van der Waals surface area contributed by atoms with Gasteiger partial charge in [0.1, 0.15) is 6.26 Å². The van der Waals surface area contributed by atoms with Crippen molar-refractivity contribution in [3.8, 4) is 6.07 Å². The van der Waals surface area contributed by atoms with Gasteiger partial charge in [0.25, 0.3) is 6.01 Å². The first-order chi connectivity index (χ1) is 8.60. The van der Waals surface area contributed by atoms with E-state index >= 15 is 0 Å². The van der Waals surface area contributed by atoms with Crippen LogP contribution in [0.4, 0.5) is 6.01 Å². The second-order valence-corrected chi connectivity index (χ2v) is 3.93. The van der Waals surface area contributed by atoms with Crippen LogP contribution in [0.5, 0.6) is 0 Å². The highest BCUT2D eigenvalue weighted by molar-refractivity contribution is 5.87. The molecule has 1 rings (SSSR count). The fraction of sp³-hybridized carbons (Fsp3) is 0.583. The van der Waals surface area contributed by atoms with E-state index < -0.39 is 5.97 Å². The van der Waals surface area contributed by atoms with Crippen molar-refractivity contribution in [2.24, 2.45) is 0 Å². The molecular formula is C12H17N3O3. The van der Waals surface area contributed by atoms with Crippen LogP contribution in [0.15, 0.2) is 10.7 Å². The zero-order valence-electron chi connectivity index (χ0n) is 10.8. The molecule has 0 saturated heterocycles. The van der Waals surface area contributed by atoms with Gasteiger partial charge in [0.2, 0.25) is 0 Å². The topological polar surface area (TPSA) is 79.4 Å². The molecule has 0 unspecified atom stereocenters. The molecule has 6 heteroatoms. The molecule has 0 aromatic carbocycles. The van der Waals surface area contributed by atoms with Gasteiger partial charge in [-0.25, -0.2) is 4.79 Å². The number of hydrogen-bond donors (Lipinski definition) is 0. The molecular weight excluding hydrogens is 234 g/mol. The third kappa shape index (κ3) is 3.48. The van der Waals surface area contributed by atoms with Gasteiger partial charge >= 0.3 is 5.97 Å². The highest BCUT2D eigenvalue weighted by Gasteiger charge is 2.19. The van der Waals surface area contributed by atoms with Crippen molar-refractivity contribution < 1.29 is 13.9 Å². The number of ether oxygens (including phenoxy) is 1. The molecule has 1 heterocycles. The standard InChI is InChI=1S/C12H17N3O3/c1-4-17-11(16)10-8-18-12(14-10)15(9(2)3)7-5-6-13/h8-9H,4-5,7H2,1-3H3. The number of anilines is 1. The summed E-state index contributed by atoms with van der Waals surface area (Å²) in [6.07, 6.45) is 1.64. The van der Waals surface area contributed by atoms with Crippen LogP contribution < -0.4 is 4.90 Å². The molecule has 0 aliphatic rings. The van der Waals surface area contributed by atoms with E-state index in [-0.39, 0.29) is 11.7 Å². The van der Waals surface area contributed by atoms with Crippen molar-refractivity contribution >= 4 is 12.0 Å². The number of nitriles is 1. The normalized spacial score (nSPS) is 10.2. The molecule has 0 bridgehead atoms. The molecule has 0 N–H and O–H groups in total. The second-order valence-electron chi connectivity index (χ2n) is 3.93. The van der Waals surface area contributed by atoms with Crippen LogP contribution in [0.2, 0.25) is 0 Å². The molecule has 18 heavy (non-hydrogen) atoms. The quantitative estimate of drug-likeness (QED) is 0.719. The van der Waals surface area contributed by atoms with Gasteiger partial charge in [-0.1, -0.05) is 0 Å². The van der Waals surface area contributed by atoms with Gasteiger partial charge in [0.15, 0.2) is 5.69 Å². The van der Waals surface area contributed by atoms with Gasteiger partial charge < -0.3 is 14.1 Å². The maximum absolute atomic E-state index is 11.4. The van der Waals surface area contributed by atoms with E-state index in [0.29, 0.717) is 25.6 Å². The third-order valence-electron chi connectivity index (χ3n) is 2.31. The first-order valence-corrected chi connectivity index (χ1v) is 5.86. The van der Waals surface area contributed by atoms with Gasteiger partial charge in [-0.15, -0.1) is 0 Å². The molecule has 0 amide bonds. The lowest BCUT2D eigenvalue weighted by Crippen LogP contribution is -2.31. The Morgan fingerprint density at radius 1 is 1.67 bits per heavy atom. The van der Waals surface area contributed by atoms with Crippen molar-refractivity contribution in [2.45, 2.75) is 33.2 Å². The van der Waals surface area contributed by atoms with Gasteiger partial charge in [0.05, 0.1) is 19.1 Å². The Bertz CT molecular complexity index is 434. The van der Waals surface area contributed by atoms with E-state index in [1.165, 1.54) is 6.26 Å². The summed E-state index contributed by atoms with van der Waals surface area (Å²) in [6, 6.07) is 2.54. The van der Waals surface area contributed by atoms with Crippen molar-refractivity contribution in [1.29, 1.82) is 5.26 Å².